The number of ether oxygens (including phenoxy) is 3. The minimum atomic E-state index is -0.366. The van der Waals surface area contributed by atoms with Crippen molar-refractivity contribution in [2.45, 2.75) is 19.1 Å². The zero-order valence-corrected chi connectivity index (χ0v) is 8.15. The van der Waals surface area contributed by atoms with Gasteiger partial charge in [0, 0.05) is 14.2 Å². The van der Waals surface area contributed by atoms with Crippen LogP contribution in [0, 0.1) is 0 Å². The Bertz CT molecular complexity index is 185. The number of hydrogen-bond donors (Lipinski definition) is 0. The van der Waals surface area contributed by atoms with Crippen LogP contribution in [0.5, 0.6) is 0 Å². The van der Waals surface area contributed by atoms with Crippen LogP contribution >= 0.6 is 0 Å². The van der Waals surface area contributed by atoms with Crippen LogP contribution < -0.4 is 0 Å². The highest BCUT2D eigenvalue weighted by Gasteiger charge is 2.45. The lowest BCUT2D eigenvalue weighted by molar-refractivity contribution is -0.194. The summed E-state index contributed by atoms with van der Waals surface area (Å²) in [7, 11) is 3.09. The first-order valence-corrected chi connectivity index (χ1v) is 4.12. The van der Waals surface area contributed by atoms with E-state index in [0.717, 1.165) is 0 Å². The van der Waals surface area contributed by atoms with Gasteiger partial charge in [-0.15, -0.1) is 0 Å². The third-order valence-electron chi connectivity index (χ3n) is 2.09. The first kappa shape index (κ1) is 10.4. The van der Waals surface area contributed by atoms with E-state index in [-0.39, 0.29) is 24.8 Å². The van der Waals surface area contributed by atoms with Gasteiger partial charge in [-0.25, -0.2) is 0 Å². The Morgan fingerprint density at radius 1 is 1.38 bits per heavy atom. The fourth-order valence-corrected chi connectivity index (χ4v) is 1.32. The van der Waals surface area contributed by atoms with E-state index >= 15 is 0 Å². The van der Waals surface area contributed by atoms with E-state index in [4.69, 9.17) is 14.2 Å². The molecule has 2 atom stereocenters. The molecule has 1 aliphatic heterocycles. The minimum Gasteiger partial charge on any atom is -0.364 e. The largest absolute Gasteiger partial charge is 0.364 e. The molecule has 0 bridgehead atoms. The summed E-state index contributed by atoms with van der Waals surface area (Å²) in [4.78, 5) is 12.9. The second-order valence-electron chi connectivity index (χ2n) is 2.96. The minimum absolute atomic E-state index is 0.0357. The van der Waals surface area contributed by atoms with Crippen molar-refractivity contribution in [2.24, 2.45) is 0 Å². The number of nitrogens with zero attached hydrogens (tertiary/aromatic N) is 1. The number of carbonyl (C=O) groups is 1. The highest BCUT2D eigenvalue weighted by Crippen LogP contribution is 2.21. The zero-order chi connectivity index (χ0) is 9.84. The maximum atomic E-state index is 11.3. The summed E-state index contributed by atoms with van der Waals surface area (Å²) in [6.45, 7) is 2.40. The van der Waals surface area contributed by atoms with Crippen LogP contribution in [0.2, 0.25) is 0 Å². The monoisotopic (exact) mass is 189 g/mol. The quantitative estimate of drug-likeness (QED) is 0.444. The lowest BCUT2D eigenvalue weighted by Gasteiger charge is -2.43. The lowest BCUT2D eigenvalue weighted by atomic mass is 10.0. The van der Waals surface area contributed by atoms with E-state index in [1.807, 2.05) is 6.92 Å². The van der Waals surface area contributed by atoms with E-state index in [2.05, 4.69) is 0 Å². The summed E-state index contributed by atoms with van der Waals surface area (Å²) in [5.41, 5.74) is 0. The van der Waals surface area contributed by atoms with E-state index in [9.17, 15) is 4.79 Å². The van der Waals surface area contributed by atoms with Crippen molar-refractivity contribution in [1.29, 1.82) is 0 Å². The van der Waals surface area contributed by atoms with Gasteiger partial charge in [-0.3, -0.25) is 4.79 Å². The van der Waals surface area contributed by atoms with Crippen molar-refractivity contribution in [1.82, 2.24) is 4.90 Å². The molecule has 5 nitrogen and oxygen atoms in total. The topological polar surface area (TPSA) is 48.0 Å². The smallest absolute Gasteiger partial charge is 0.256 e. The van der Waals surface area contributed by atoms with Crippen molar-refractivity contribution in [2.75, 3.05) is 27.7 Å². The molecule has 1 unspecified atom stereocenters. The van der Waals surface area contributed by atoms with Crippen molar-refractivity contribution in [3.05, 3.63) is 0 Å². The molecule has 1 saturated heterocycles. The predicted molar refractivity (Wildman–Crippen MR) is 44.9 cm³/mol. The molecule has 0 aromatic heterocycles. The van der Waals surface area contributed by atoms with Crippen LogP contribution in [-0.4, -0.2) is 50.7 Å². The molecule has 0 aliphatic carbocycles. The molecule has 1 amide bonds. The van der Waals surface area contributed by atoms with Gasteiger partial charge in [-0.05, 0) is 6.92 Å². The number of amides is 1. The van der Waals surface area contributed by atoms with Gasteiger partial charge in [0.2, 0.25) is 0 Å². The third kappa shape index (κ3) is 1.99. The molecule has 13 heavy (non-hydrogen) atoms. The summed E-state index contributed by atoms with van der Waals surface area (Å²) in [5, 5.41) is 0. The summed E-state index contributed by atoms with van der Waals surface area (Å²) in [6.07, 6.45) is -0.366. The van der Waals surface area contributed by atoms with Crippen LogP contribution in [0.4, 0.5) is 0 Å². The van der Waals surface area contributed by atoms with Gasteiger partial charge in [0.1, 0.15) is 13.5 Å². The number of likely N-dealkylation sites (tertiary alicyclic amines) is 1. The van der Waals surface area contributed by atoms with E-state index in [1.165, 1.54) is 7.11 Å². The molecule has 0 N–H and O–H groups in total. The molecule has 1 heterocycles. The first-order chi connectivity index (χ1) is 6.22. The van der Waals surface area contributed by atoms with Crippen LogP contribution in [-0.2, 0) is 19.0 Å². The van der Waals surface area contributed by atoms with Crippen LogP contribution in [0.15, 0.2) is 0 Å². The second-order valence-corrected chi connectivity index (χ2v) is 2.96. The van der Waals surface area contributed by atoms with Gasteiger partial charge in [0.25, 0.3) is 5.91 Å². The van der Waals surface area contributed by atoms with Crippen LogP contribution in [0.25, 0.3) is 0 Å². The third-order valence-corrected chi connectivity index (χ3v) is 2.09. The summed E-state index contributed by atoms with van der Waals surface area (Å²) in [5.74, 6) is -0.0357. The highest BCUT2D eigenvalue weighted by molar-refractivity contribution is 5.88. The molecule has 5 heteroatoms. The normalized spacial score (nSPS) is 27.6. The maximum absolute atomic E-state index is 11.3. The molecule has 76 valence electrons. The molecular formula is C8H15NO4. The van der Waals surface area contributed by atoms with Gasteiger partial charge < -0.3 is 19.1 Å². The predicted octanol–water partition coefficient (Wildman–Crippen LogP) is -0.190. The standard InChI is InChI=1S/C8H15NO4/c1-6-7(13-5-12-3)8(10)9(6)4-11-2/h6-7H,4-5H2,1-3H3/t6?,7-/m1/s1. The number of β-lactam (4-membered cyclic amide) rings is 1. The van der Waals surface area contributed by atoms with E-state index in [1.54, 1.807) is 12.0 Å². The van der Waals surface area contributed by atoms with Gasteiger partial charge in [0.05, 0.1) is 6.04 Å². The van der Waals surface area contributed by atoms with Gasteiger partial charge in [-0.2, -0.15) is 0 Å². The first-order valence-electron chi connectivity index (χ1n) is 4.12. The fourth-order valence-electron chi connectivity index (χ4n) is 1.32. The molecule has 1 fully saturated rings. The molecule has 1 rings (SSSR count). The Labute approximate surface area is 77.6 Å². The number of hydrogen-bond acceptors (Lipinski definition) is 4. The molecule has 1 aliphatic rings. The maximum Gasteiger partial charge on any atom is 0.256 e. The Kier molecular flexibility index (Phi) is 3.65. The second kappa shape index (κ2) is 4.55. The Morgan fingerprint density at radius 2 is 2.08 bits per heavy atom. The van der Waals surface area contributed by atoms with Crippen molar-refractivity contribution in [3.8, 4) is 0 Å². The average Bonchev–Trinajstić information content (AvgIpc) is 2.15. The van der Waals surface area contributed by atoms with Crippen LogP contribution in [0.3, 0.4) is 0 Å². The molecule has 0 aromatic rings. The number of carbonyl (C=O) groups excluding carboxylic acids is 1. The SMILES string of the molecule is COCO[C@H]1C(=O)N(COC)C1C. The lowest BCUT2D eigenvalue weighted by Crippen LogP contribution is -2.64. The summed E-state index contributed by atoms with van der Waals surface area (Å²) in [6, 6.07) is 0.0719. The Morgan fingerprint density at radius 3 is 2.54 bits per heavy atom. The van der Waals surface area contributed by atoms with Gasteiger partial charge >= 0.3 is 0 Å². The van der Waals surface area contributed by atoms with Crippen molar-refractivity contribution in [3.63, 3.8) is 0 Å². The molecular weight excluding hydrogens is 174 g/mol. The highest BCUT2D eigenvalue weighted by atomic mass is 16.7. The van der Waals surface area contributed by atoms with Crippen molar-refractivity contribution < 1.29 is 19.0 Å². The zero-order valence-electron chi connectivity index (χ0n) is 8.15. The molecule has 0 spiro atoms. The van der Waals surface area contributed by atoms with Gasteiger partial charge in [0.15, 0.2) is 6.10 Å². The number of methoxy groups -OCH3 is 2. The summed E-state index contributed by atoms with van der Waals surface area (Å²) < 4.78 is 14.7. The molecule has 0 aromatic carbocycles. The fraction of sp³-hybridized carbons (Fsp3) is 0.875. The average molecular weight is 189 g/mol. The Hall–Kier alpha value is -0.650. The molecule has 0 saturated carbocycles. The summed E-state index contributed by atoms with van der Waals surface area (Å²) >= 11 is 0. The number of rotatable bonds is 5. The Balaban J connectivity index is 2.33. The van der Waals surface area contributed by atoms with E-state index < -0.39 is 0 Å². The van der Waals surface area contributed by atoms with Crippen LogP contribution in [0.1, 0.15) is 6.92 Å². The van der Waals surface area contributed by atoms with Gasteiger partial charge in [-0.1, -0.05) is 0 Å². The van der Waals surface area contributed by atoms with Crippen molar-refractivity contribution >= 4 is 5.91 Å². The molecule has 0 radical (unpaired) electrons. The van der Waals surface area contributed by atoms with E-state index in [0.29, 0.717) is 6.73 Å².